The highest BCUT2D eigenvalue weighted by molar-refractivity contribution is 6.32. The molecule has 0 bridgehead atoms. The monoisotopic (exact) mass is 284 g/mol. The summed E-state index contributed by atoms with van der Waals surface area (Å²) in [5.41, 5.74) is -2.49. The third kappa shape index (κ3) is 2.95. The van der Waals surface area contributed by atoms with E-state index >= 15 is 0 Å². The molecular formula is C12H13ClF4O. The number of halogens is 5. The maximum absolute atomic E-state index is 13.6. The third-order valence-corrected chi connectivity index (χ3v) is 2.93. The zero-order valence-electron chi connectivity index (χ0n) is 10.1. The first kappa shape index (κ1) is 15.2. The molecule has 0 saturated heterocycles. The van der Waals surface area contributed by atoms with Gasteiger partial charge in [0.2, 0.25) is 0 Å². The van der Waals surface area contributed by atoms with Crippen molar-refractivity contribution in [2.24, 2.45) is 5.41 Å². The number of hydrogen-bond donors (Lipinski definition) is 1. The second-order valence-corrected chi connectivity index (χ2v) is 5.47. The van der Waals surface area contributed by atoms with Crippen molar-refractivity contribution in [2.45, 2.75) is 33.1 Å². The maximum Gasteiger partial charge on any atom is 0.417 e. The molecule has 0 heterocycles. The number of benzene rings is 1. The molecule has 0 radical (unpaired) electrons. The molecule has 0 aromatic heterocycles. The number of hydrogen-bond acceptors (Lipinski definition) is 1. The van der Waals surface area contributed by atoms with Crippen molar-refractivity contribution in [3.05, 3.63) is 34.1 Å². The van der Waals surface area contributed by atoms with Gasteiger partial charge in [-0.05, 0) is 17.5 Å². The topological polar surface area (TPSA) is 20.2 Å². The van der Waals surface area contributed by atoms with Crippen LogP contribution in [0.2, 0.25) is 5.02 Å². The number of rotatable bonds is 1. The molecule has 1 N–H and O–H groups in total. The highest BCUT2D eigenvalue weighted by atomic mass is 35.5. The lowest BCUT2D eigenvalue weighted by atomic mass is 9.84. The van der Waals surface area contributed by atoms with Crippen LogP contribution in [0.4, 0.5) is 17.6 Å². The van der Waals surface area contributed by atoms with Gasteiger partial charge < -0.3 is 5.11 Å². The first-order valence-electron chi connectivity index (χ1n) is 5.19. The van der Waals surface area contributed by atoms with Crippen LogP contribution in [0.1, 0.15) is 38.0 Å². The highest BCUT2D eigenvalue weighted by Gasteiger charge is 2.37. The summed E-state index contributed by atoms with van der Waals surface area (Å²) in [7, 11) is 0. The Bertz CT molecular complexity index is 449. The molecule has 0 amide bonds. The van der Waals surface area contributed by atoms with Crippen LogP contribution in [-0.2, 0) is 6.18 Å². The van der Waals surface area contributed by atoms with Gasteiger partial charge in [-0.15, -0.1) is 0 Å². The number of alkyl halides is 3. The van der Waals surface area contributed by atoms with E-state index in [-0.39, 0.29) is 0 Å². The Morgan fingerprint density at radius 1 is 1.17 bits per heavy atom. The van der Waals surface area contributed by atoms with Gasteiger partial charge in [0, 0.05) is 5.56 Å². The average Bonchev–Trinajstić information content (AvgIpc) is 2.13. The van der Waals surface area contributed by atoms with E-state index in [1.165, 1.54) is 0 Å². The third-order valence-electron chi connectivity index (χ3n) is 2.53. The summed E-state index contributed by atoms with van der Waals surface area (Å²) in [5, 5.41) is 9.13. The van der Waals surface area contributed by atoms with Crippen molar-refractivity contribution in [1.82, 2.24) is 0 Å². The molecule has 1 nitrogen and oxygen atoms in total. The molecular weight excluding hydrogens is 272 g/mol. The van der Waals surface area contributed by atoms with E-state index in [1.54, 1.807) is 20.8 Å². The van der Waals surface area contributed by atoms with Crippen molar-refractivity contribution in [3.8, 4) is 0 Å². The Hall–Kier alpha value is -0.810. The van der Waals surface area contributed by atoms with Crippen LogP contribution >= 0.6 is 11.6 Å². The largest absolute Gasteiger partial charge is 0.417 e. The van der Waals surface area contributed by atoms with Gasteiger partial charge in [0.15, 0.2) is 0 Å². The zero-order chi connectivity index (χ0) is 14.3. The fourth-order valence-corrected chi connectivity index (χ4v) is 1.84. The lowest BCUT2D eigenvalue weighted by Gasteiger charge is -2.28. The standard InChI is InChI=1S/C12H13ClF4O/c1-11(2,3)10(18)8-7(14)5-4-6(9(8)13)12(15,16)17/h4-5,10,18H,1-3H3. The van der Waals surface area contributed by atoms with Gasteiger partial charge in [-0.1, -0.05) is 32.4 Å². The first-order valence-corrected chi connectivity index (χ1v) is 5.57. The summed E-state index contributed by atoms with van der Waals surface area (Å²) in [6, 6.07) is 1.23. The molecule has 1 rings (SSSR count). The van der Waals surface area contributed by atoms with E-state index in [2.05, 4.69) is 0 Å². The molecule has 6 heteroatoms. The van der Waals surface area contributed by atoms with Crippen LogP contribution in [-0.4, -0.2) is 5.11 Å². The van der Waals surface area contributed by atoms with Gasteiger partial charge in [-0.3, -0.25) is 0 Å². The minimum atomic E-state index is -4.68. The van der Waals surface area contributed by atoms with Crippen molar-refractivity contribution in [1.29, 1.82) is 0 Å². The van der Waals surface area contributed by atoms with Gasteiger partial charge in [0.05, 0.1) is 16.7 Å². The quantitative estimate of drug-likeness (QED) is 0.749. The summed E-state index contributed by atoms with van der Waals surface area (Å²) in [6.45, 7) is 4.73. The minimum Gasteiger partial charge on any atom is -0.388 e. The molecule has 1 atom stereocenters. The van der Waals surface area contributed by atoms with E-state index in [0.29, 0.717) is 12.1 Å². The van der Waals surface area contributed by atoms with Gasteiger partial charge in [-0.25, -0.2) is 4.39 Å². The predicted molar refractivity (Wildman–Crippen MR) is 60.8 cm³/mol. The van der Waals surface area contributed by atoms with E-state index in [1.807, 2.05) is 0 Å². The van der Waals surface area contributed by atoms with E-state index in [9.17, 15) is 22.7 Å². The van der Waals surface area contributed by atoms with Crippen LogP contribution in [0.25, 0.3) is 0 Å². The molecule has 1 unspecified atom stereocenters. The molecule has 1 aromatic rings. The minimum absolute atomic E-state index is 0.515. The van der Waals surface area contributed by atoms with E-state index in [0.717, 1.165) is 0 Å². The van der Waals surface area contributed by atoms with Crippen molar-refractivity contribution in [2.75, 3.05) is 0 Å². The molecule has 1 aromatic carbocycles. The van der Waals surface area contributed by atoms with E-state index in [4.69, 9.17) is 11.6 Å². The van der Waals surface area contributed by atoms with Crippen LogP contribution in [0, 0.1) is 11.2 Å². The Balaban J connectivity index is 3.46. The van der Waals surface area contributed by atoms with Crippen molar-refractivity contribution in [3.63, 3.8) is 0 Å². The molecule has 0 aliphatic rings. The van der Waals surface area contributed by atoms with Crippen LogP contribution in [0.15, 0.2) is 12.1 Å². The Morgan fingerprint density at radius 2 is 1.67 bits per heavy atom. The maximum atomic E-state index is 13.6. The molecule has 102 valence electrons. The molecule has 0 aliphatic heterocycles. The summed E-state index contributed by atoms with van der Waals surface area (Å²) in [5.74, 6) is -0.949. The SMILES string of the molecule is CC(C)(C)C(O)c1c(F)ccc(C(F)(F)F)c1Cl. The van der Waals surface area contributed by atoms with Crippen molar-refractivity contribution >= 4 is 11.6 Å². The molecule has 0 fully saturated rings. The summed E-state index contributed by atoms with van der Waals surface area (Å²) < 4.78 is 51.5. The van der Waals surface area contributed by atoms with Crippen LogP contribution in [0.3, 0.4) is 0 Å². The normalized spacial score (nSPS) is 14.7. The van der Waals surface area contributed by atoms with Gasteiger partial charge in [0.1, 0.15) is 5.82 Å². The number of aliphatic hydroxyl groups excluding tert-OH is 1. The van der Waals surface area contributed by atoms with Crippen molar-refractivity contribution < 1.29 is 22.7 Å². The lowest BCUT2D eigenvalue weighted by molar-refractivity contribution is -0.137. The summed E-state index contributed by atoms with van der Waals surface area (Å²) in [4.78, 5) is 0. The Labute approximate surface area is 107 Å². The van der Waals surface area contributed by atoms with Gasteiger partial charge >= 0.3 is 6.18 Å². The molecule has 0 aliphatic carbocycles. The Morgan fingerprint density at radius 3 is 2.06 bits per heavy atom. The van der Waals surface area contributed by atoms with Gasteiger partial charge in [-0.2, -0.15) is 13.2 Å². The molecule has 18 heavy (non-hydrogen) atoms. The average molecular weight is 285 g/mol. The van der Waals surface area contributed by atoms with Gasteiger partial charge in [0.25, 0.3) is 0 Å². The van der Waals surface area contributed by atoms with Crippen LogP contribution in [0.5, 0.6) is 0 Å². The second kappa shape index (κ2) is 4.70. The lowest BCUT2D eigenvalue weighted by Crippen LogP contribution is -2.21. The predicted octanol–water partition coefficient (Wildman–Crippen LogP) is 4.58. The second-order valence-electron chi connectivity index (χ2n) is 5.09. The number of aliphatic hydroxyl groups is 1. The highest BCUT2D eigenvalue weighted by Crippen LogP contribution is 2.43. The first-order chi connectivity index (χ1) is 7.96. The van der Waals surface area contributed by atoms with E-state index < -0.39 is 39.7 Å². The smallest absolute Gasteiger partial charge is 0.388 e. The molecule has 0 saturated carbocycles. The summed E-state index contributed by atoms with van der Waals surface area (Å²) in [6.07, 6.45) is -6.11. The summed E-state index contributed by atoms with van der Waals surface area (Å²) >= 11 is 5.58. The fraction of sp³-hybridized carbons (Fsp3) is 0.500. The fourth-order valence-electron chi connectivity index (χ4n) is 1.47. The zero-order valence-corrected chi connectivity index (χ0v) is 10.8. The molecule has 0 spiro atoms. The Kier molecular flexibility index (Phi) is 3.98. The van der Waals surface area contributed by atoms with Crippen LogP contribution < -0.4 is 0 Å².